The number of likely N-dealkylation sites (N-methyl/N-ethyl adjacent to an activating group) is 5. The number of nitrogens with zero attached hydrogens (tertiary/aromatic N) is 5. The molecule has 32 nitrogen and oxygen atoms in total. The van der Waals surface area contributed by atoms with Gasteiger partial charge < -0.3 is 82.1 Å². The summed E-state index contributed by atoms with van der Waals surface area (Å²) >= 11 is 0.904. The Morgan fingerprint density at radius 2 is 0.992 bits per heavy atom. The number of phenols is 2. The fourth-order valence-corrected chi connectivity index (χ4v) is 17.7. The average molecular weight is 1850 g/mol. The number of fused-ring (bicyclic) bond motifs is 1. The highest BCUT2D eigenvalue weighted by molar-refractivity contribution is 8.00. The van der Waals surface area contributed by atoms with Crippen molar-refractivity contribution in [3.63, 3.8) is 0 Å². The second-order valence-electron chi connectivity index (χ2n) is 34.9. The number of ketones is 3. The molecule has 11 N–H and O–H groups in total. The third-order valence-electron chi connectivity index (χ3n) is 24.5. The average Bonchev–Trinajstić information content (AvgIpc) is 1.79. The Bertz CT molecular complexity index is 5120. The number of nitrogens with one attached hydrogen (secondary N) is 7. The summed E-state index contributed by atoms with van der Waals surface area (Å²) in [5, 5.41) is 38.6. The number of hydrogen-bond donors (Lipinski definition) is 10. The number of ether oxygens (including phenoxy) is 1. The number of thioether (sulfide) groups is 1. The minimum atomic E-state index is -1.56. The molecule has 0 unspecified atom stereocenters. The minimum absolute atomic E-state index is 0. The lowest BCUT2D eigenvalue weighted by atomic mass is 9.84. The molecule has 1 saturated heterocycles. The lowest BCUT2D eigenvalue weighted by molar-refractivity contribution is -0.151. The Kier molecular flexibility index (Phi) is 41.4. The number of aromatic amines is 1. The molecule has 12 amide bonds. The van der Waals surface area contributed by atoms with E-state index in [1.807, 2.05) is 6.92 Å². The van der Waals surface area contributed by atoms with Crippen LogP contribution in [0.15, 0.2) is 170 Å². The van der Waals surface area contributed by atoms with Crippen molar-refractivity contribution in [3.05, 3.63) is 203 Å². The topological polar surface area (TPSA) is 453 Å². The number of primary amides is 1. The van der Waals surface area contributed by atoms with Crippen LogP contribution in [0.5, 0.6) is 11.5 Å². The number of phenolic OH excluding ortho intramolecular Hbond substituents is 2. The molecule has 0 radical (unpaired) electrons. The van der Waals surface area contributed by atoms with Crippen molar-refractivity contribution in [3.8, 4) is 11.5 Å². The van der Waals surface area contributed by atoms with Crippen LogP contribution >= 0.6 is 11.8 Å². The van der Waals surface area contributed by atoms with E-state index in [-0.39, 0.29) is 88.4 Å². The van der Waals surface area contributed by atoms with Crippen LogP contribution in [-0.4, -0.2) is 255 Å². The lowest BCUT2D eigenvalue weighted by Crippen LogP contribution is -2.59. The Hall–Kier alpha value is -13.1. The maximum Gasteiger partial charge on any atom is 0.293 e. The van der Waals surface area contributed by atoms with Crippen molar-refractivity contribution in [2.24, 2.45) is 29.4 Å². The number of Topliss-reactive ketones (excluding diaryl/α,β-unsaturated/α-hetero) is 3. The molecule has 0 bridgehead atoms. The van der Waals surface area contributed by atoms with Crippen LogP contribution in [-0.2, 0) is 120 Å². The minimum Gasteiger partial charge on any atom is -0.508 e. The van der Waals surface area contributed by atoms with E-state index in [1.54, 1.807) is 135 Å². The zero-order valence-electron chi connectivity index (χ0n) is 76.3. The van der Waals surface area contributed by atoms with E-state index in [4.69, 9.17) is 10.5 Å². The Morgan fingerprint density at radius 3 is 1.56 bits per heavy atom. The maximum absolute atomic E-state index is 15.6. The first kappa shape index (κ1) is 105. The molecule has 11 atom stereocenters. The van der Waals surface area contributed by atoms with E-state index in [1.165, 1.54) is 98.5 Å². The van der Waals surface area contributed by atoms with Crippen LogP contribution in [0.3, 0.4) is 0 Å². The van der Waals surface area contributed by atoms with E-state index in [0.717, 1.165) is 40.8 Å². The number of carbonyl (C=O) groups excluding carboxylic acids is 16. The van der Waals surface area contributed by atoms with Crippen LogP contribution < -0.4 is 37.6 Å². The van der Waals surface area contributed by atoms with Gasteiger partial charge in [-0.25, -0.2) is 0 Å². The molecular formula is C100H129N13O19S. The first-order chi connectivity index (χ1) is 63.2. The third kappa shape index (κ3) is 31.9. The monoisotopic (exact) mass is 1850 g/mol. The zero-order valence-corrected chi connectivity index (χ0v) is 77.1. The Balaban J connectivity index is 0.0000218. The molecule has 1 aromatic heterocycles. The molecule has 6 aromatic carbocycles. The van der Waals surface area contributed by atoms with Crippen molar-refractivity contribution in [1.82, 2.24) is 61.4 Å². The maximum atomic E-state index is 15.6. The van der Waals surface area contributed by atoms with Crippen molar-refractivity contribution in [1.29, 1.82) is 0 Å². The highest BCUT2D eigenvalue weighted by atomic mass is 32.2. The fraction of sp³-hybridized carbons (Fsp3) is 0.460. The molecule has 133 heavy (non-hydrogen) atoms. The van der Waals surface area contributed by atoms with Crippen LogP contribution in [0.25, 0.3) is 10.9 Å². The number of carbonyl (C=O) groups is 16. The second-order valence-corrected chi connectivity index (χ2v) is 35.9. The van der Waals surface area contributed by atoms with Crippen LogP contribution in [0.4, 0.5) is 0 Å². The lowest BCUT2D eigenvalue weighted by Gasteiger charge is -2.37. The molecule has 1 aliphatic heterocycles. The normalized spacial score (nSPS) is 22.4. The van der Waals surface area contributed by atoms with E-state index in [2.05, 4.69) is 36.9 Å². The van der Waals surface area contributed by atoms with Gasteiger partial charge in [0.15, 0.2) is 11.6 Å². The molecule has 1 saturated carbocycles. The molecular weight excluding hydrogens is 1720 g/mol. The highest BCUT2D eigenvalue weighted by Crippen LogP contribution is 2.30. The number of unbranched alkanes of at least 4 members (excludes halogenated alkanes) is 1. The van der Waals surface area contributed by atoms with Crippen molar-refractivity contribution < 1.29 is 91.7 Å². The quantitative estimate of drug-likeness (QED) is 0.0257. The van der Waals surface area contributed by atoms with Gasteiger partial charge >= 0.3 is 0 Å². The van der Waals surface area contributed by atoms with Crippen molar-refractivity contribution >= 4 is 117 Å². The molecule has 1 aliphatic carbocycles. The number of rotatable bonds is 25. The molecule has 7 aromatic rings. The molecule has 2 heterocycles. The van der Waals surface area contributed by atoms with Gasteiger partial charge in [0.2, 0.25) is 70.9 Å². The van der Waals surface area contributed by atoms with Gasteiger partial charge in [0, 0.05) is 128 Å². The summed E-state index contributed by atoms with van der Waals surface area (Å²) in [6.07, 6.45) is 3.54. The van der Waals surface area contributed by atoms with Crippen molar-refractivity contribution in [2.75, 3.05) is 66.4 Å². The number of nitrogens with two attached hydrogens (primary N) is 1. The fourth-order valence-electron chi connectivity index (χ4n) is 16.8. The van der Waals surface area contributed by atoms with E-state index in [9.17, 15) is 43.8 Å². The van der Waals surface area contributed by atoms with Crippen LogP contribution in [0.1, 0.15) is 145 Å². The first-order valence-corrected chi connectivity index (χ1v) is 46.2. The highest BCUT2D eigenvalue weighted by Gasteiger charge is 2.43. The van der Waals surface area contributed by atoms with Gasteiger partial charge in [0.1, 0.15) is 72.2 Å². The van der Waals surface area contributed by atoms with E-state index < -0.39 is 211 Å². The number of aromatic hydroxyl groups is 2. The number of amides is 12. The summed E-state index contributed by atoms with van der Waals surface area (Å²) in [6.45, 7) is 3.37. The molecule has 2 aliphatic rings. The first-order valence-electron chi connectivity index (χ1n) is 45.0. The molecule has 9 rings (SSSR count). The van der Waals surface area contributed by atoms with Gasteiger partial charge in [-0.1, -0.05) is 207 Å². The van der Waals surface area contributed by atoms with Gasteiger partial charge in [-0.05, 0) is 88.4 Å². The standard InChI is InChI=1S/C99H125N13O19S.CH4/c1-9-10-35-83-98(129)108(4)56-73(116)52-70(58-131-61-113)87(118)54-75(62(2)3)95(126)111(7)84(50-65-29-19-13-20-30-65)94(125)106-80(49-68-38-42-72(115)43-39-68)96(127)109(5)57-89(120)102-79(53-69-55-101-76-34-24-23-33-74(69)76)93(124)105-78(47-67-36-40-71(114)41-37-67)91(122)104-77(46-63-25-15-11-16-26-63)92(123)107-82(86(117)44-45-88(100)119)59-132-60-90(121)103-81(48-64-27-17-12-18-28-64)97(128)112(8)85(99(130)110(83)6)51-66-31-21-14-22-32-66;/h12-14,17-24,27-34,36-43,55,61-63,70,75,77-85,101,114-115H,9-11,15-16,25-26,35,44-54,56-60H2,1-8H3,(H2,100,119)(H,102,120)(H,103,121)(H,104,122)(H,105,124)(H,106,125)(H,107,123);1H4/t70-,75-,77-,78-,79-,80-,81-,82-,83-,84-,85-;/m0./s1. The van der Waals surface area contributed by atoms with Gasteiger partial charge in [0.05, 0.1) is 30.8 Å². The Labute approximate surface area is 781 Å². The number of para-hydroxylation sites is 1. The van der Waals surface area contributed by atoms with Crippen LogP contribution in [0, 0.1) is 23.7 Å². The smallest absolute Gasteiger partial charge is 0.293 e. The van der Waals surface area contributed by atoms with Crippen LogP contribution in [0.2, 0.25) is 0 Å². The number of H-pyrrole nitrogens is 1. The molecule has 33 heteroatoms. The predicted molar refractivity (Wildman–Crippen MR) is 504 cm³/mol. The number of aromatic nitrogens is 1. The summed E-state index contributed by atoms with van der Waals surface area (Å²) in [6, 6.07) is 32.1. The summed E-state index contributed by atoms with van der Waals surface area (Å²) in [5.74, 6) is -15.8. The number of benzene rings is 6. The van der Waals surface area contributed by atoms with Crippen molar-refractivity contribution in [2.45, 2.75) is 205 Å². The predicted octanol–water partition coefficient (Wildman–Crippen LogP) is 7.00. The van der Waals surface area contributed by atoms with E-state index in [0.29, 0.717) is 70.0 Å². The van der Waals surface area contributed by atoms with Gasteiger partial charge in [0.25, 0.3) is 6.47 Å². The molecule has 0 spiro atoms. The van der Waals surface area contributed by atoms with Gasteiger partial charge in [-0.15, -0.1) is 11.8 Å². The largest absolute Gasteiger partial charge is 0.508 e. The summed E-state index contributed by atoms with van der Waals surface area (Å²) < 4.78 is 5.17. The summed E-state index contributed by atoms with van der Waals surface area (Å²) in [4.78, 5) is 246. The molecule has 2 fully saturated rings. The van der Waals surface area contributed by atoms with Gasteiger partial charge in [-0.2, -0.15) is 0 Å². The van der Waals surface area contributed by atoms with Gasteiger partial charge in [-0.3, -0.25) is 76.7 Å². The van der Waals surface area contributed by atoms with E-state index >= 15 is 43.2 Å². The molecule has 714 valence electrons. The zero-order chi connectivity index (χ0) is 95.7. The Morgan fingerprint density at radius 1 is 0.504 bits per heavy atom. The third-order valence-corrected chi connectivity index (χ3v) is 25.5. The second kappa shape index (κ2) is 52.2. The summed E-state index contributed by atoms with van der Waals surface area (Å²) in [5.41, 5.74) is 9.47. The SMILES string of the molecule is C.CCCC[C@H]1C(=O)N(C)CC(=O)C[C@@H](COC=O)C(=O)C[C@@H](C(C)C)C(=O)N(C)[C@@H](Cc2ccccc2)C(=O)N[C@@H](Cc2ccc(O)cc2)C(=O)N(C)CC(=O)N[C@@H](Cc2c[nH]c3ccccc23)C(=O)N[C@@H](Cc2ccc(O)cc2)C(=O)N[C@@H](CC2CCCCC2)C(=O)N[C@H](C(=O)CCC(N)=O)CSCC(=O)N[C@@H](Cc2ccccc2)C(=O)N(C)[C@@H](Cc2ccccc2)C(=O)N1C. The summed E-state index contributed by atoms with van der Waals surface area (Å²) in [7, 11) is 6.85. The number of hydrogen-bond acceptors (Lipinski definition) is 20.